The molecule has 0 unspecified atom stereocenters. The van der Waals surface area contributed by atoms with Gasteiger partial charge in [0.1, 0.15) is 5.52 Å². The summed E-state index contributed by atoms with van der Waals surface area (Å²) in [5.41, 5.74) is 1.97. The molecule has 5 nitrogen and oxygen atoms in total. The molecule has 0 bridgehead atoms. The minimum atomic E-state index is -0.373. The fraction of sp³-hybridized carbons (Fsp3) is 0.588. The van der Waals surface area contributed by atoms with Crippen LogP contribution in [-0.2, 0) is 9.31 Å². The second-order valence-corrected chi connectivity index (χ2v) is 7.52. The highest BCUT2D eigenvalue weighted by atomic mass is 16.7. The van der Waals surface area contributed by atoms with Crippen LogP contribution in [0.1, 0.15) is 52.5 Å². The first-order valence-corrected chi connectivity index (χ1v) is 8.35. The Bertz CT molecular complexity index is 719. The van der Waals surface area contributed by atoms with Crippen molar-refractivity contribution in [2.75, 3.05) is 6.54 Å². The van der Waals surface area contributed by atoms with Gasteiger partial charge in [0.05, 0.1) is 17.2 Å². The van der Waals surface area contributed by atoms with E-state index in [1.165, 1.54) is 6.42 Å². The van der Waals surface area contributed by atoms with Crippen molar-refractivity contribution in [1.29, 1.82) is 0 Å². The third-order valence-electron chi connectivity index (χ3n) is 5.31. The predicted molar refractivity (Wildman–Crippen MR) is 89.7 cm³/mol. The molecule has 2 aliphatic rings. The van der Waals surface area contributed by atoms with Crippen LogP contribution >= 0.6 is 0 Å². The second kappa shape index (κ2) is 5.06. The highest BCUT2D eigenvalue weighted by Gasteiger charge is 2.51. The van der Waals surface area contributed by atoms with E-state index in [0.717, 1.165) is 35.4 Å². The van der Waals surface area contributed by atoms with Crippen molar-refractivity contribution < 1.29 is 13.7 Å². The number of hydrogen-bond donors (Lipinski definition) is 1. The number of fused-ring (bicyclic) bond motifs is 1. The van der Waals surface area contributed by atoms with E-state index < -0.39 is 0 Å². The summed E-state index contributed by atoms with van der Waals surface area (Å²) < 4.78 is 18.2. The van der Waals surface area contributed by atoms with Crippen LogP contribution in [0.4, 0.5) is 0 Å². The Balaban J connectivity index is 1.64. The maximum Gasteiger partial charge on any atom is 0.494 e. The zero-order valence-electron chi connectivity index (χ0n) is 14.2. The molecular formula is C17H23BN2O3. The van der Waals surface area contributed by atoms with E-state index in [0.29, 0.717) is 0 Å². The van der Waals surface area contributed by atoms with E-state index in [2.05, 4.69) is 38.0 Å². The number of nitrogens with zero attached hydrogens (tertiary/aromatic N) is 1. The fourth-order valence-corrected chi connectivity index (χ4v) is 3.13. The maximum absolute atomic E-state index is 6.11. The van der Waals surface area contributed by atoms with E-state index in [9.17, 15) is 0 Å². The number of aromatic nitrogens is 1. The van der Waals surface area contributed by atoms with Crippen molar-refractivity contribution in [3.8, 4) is 0 Å². The van der Waals surface area contributed by atoms with Crippen LogP contribution in [0.2, 0.25) is 0 Å². The normalized spacial score (nSPS) is 26.3. The van der Waals surface area contributed by atoms with Crippen molar-refractivity contribution in [2.45, 2.75) is 57.8 Å². The molecule has 0 aliphatic carbocycles. The topological polar surface area (TPSA) is 56.5 Å². The summed E-state index contributed by atoms with van der Waals surface area (Å²) in [5, 5.41) is 3.42. The lowest BCUT2D eigenvalue weighted by atomic mass is 9.79. The molecule has 0 saturated carbocycles. The molecule has 1 aromatic heterocycles. The zero-order valence-corrected chi connectivity index (χ0v) is 14.2. The van der Waals surface area contributed by atoms with Gasteiger partial charge in [0.2, 0.25) is 5.89 Å². The predicted octanol–water partition coefficient (Wildman–Crippen LogP) is 2.55. The van der Waals surface area contributed by atoms with Crippen LogP contribution < -0.4 is 10.8 Å². The summed E-state index contributed by atoms with van der Waals surface area (Å²) in [5.74, 6) is 0.781. The van der Waals surface area contributed by atoms with E-state index >= 15 is 0 Å². The zero-order chi connectivity index (χ0) is 16.2. The minimum Gasteiger partial charge on any atom is -0.439 e. The monoisotopic (exact) mass is 314 g/mol. The Morgan fingerprint density at radius 3 is 2.57 bits per heavy atom. The third kappa shape index (κ3) is 2.49. The van der Waals surface area contributed by atoms with Gasteiger partial charge in [0.15, 0.2) is 5.58 Å². The average Bonchev–Trinajstić information content (AvgIpc) is 3.17. The highest BCUT2D eigenvalue weighted by Crippen LogP contribution is 2.36. The molecule has 1 atom stereocenters. The van der Waals surface area contributed by atoms with Crippen molar-refractivity contribution in [2.24, 2.45) is 0 Å². The number of rotatable bonds is 2. The Kier molecular flexibility index (Phi) is 3.34. The van der Waals surface area contributed by atoms with Gasteiger partial charge in [-0.3, -0.25) is 0 Å². The summed E-state index contributed by atoms with van der Waals surface area (Å²) in [6.07, 6.45) is 2.25. The molecule has 3 heterocycles. The van der Waals surface area contributed by atoms with Crippen molar-refractivity contribution >= 4 is 23.7 Å². The van der Waals surface area contributed by atoms with Crippen LogP contribution in [0.5, 0.6) is 0 Å². The minimum absolute atomic E-state index is 0.239. The van der Waals surface area contributed by atoms with Gasteiger partial charge >= 0.3 is 7.12 Å². The summed E-state index contributed by atoms with van der Waals surface area (Å²) >= 11 is 0. The largest absolute Gasteiger partial charge is 0.494 e. The third-order valence-corrected chi connectivity index (χ3v) is 5.31. The first-order chi connectivity index (χ1) is 10.9. The van der Waals surface area contributed by atoms with E-state index in [1.54, 1.807) is 0 Å². The molecule has 122 valence electrons. The lowest BCUT2D eigenvalue weighted by Crippen LogP contribution is -2.41. The molecule has 23 heavy (non-hydrogen) atoms. The molecule has 1 aromatic carbocycles. The lowest BCUT2D eigenvalue weighted by molar-refractivity contribution is 0.00578. The summed E-state index contributed by atoms with van der Waals surface area (Å²) in [4.78, 5) is 4.61. The number of nitrogens with one attached hydrogen (secondary N) is 1. The molecule has 2 saturated heterocycles. The van der Waals surface area contributed by atoms with E-state index in [-0.39, 0.29) is 24.4 Å². The Hall–Kier alpha value is -1.37. The first kappa shape index (κ1) is 15.2. The van der Waals surface area contributed by atoms with Gasteiger partial charge in [-0.15, -0.1) is 0 Å². The SMILES string of the molecule is CC1(C)OB(c2ccc3nc([C@@H]4CCCN4)oc3c2)OC1(C)C. The molecule has 1 N–H and O–H groups in total. The van der Waals surface area contributed by atoms with Crippen molar-refractivity contribution in [3.63, 3.8) is 0 Å². The molecular weight excluding hydrogens is 291 g/mol. The van der Waals surface area contributed by atoms with Crippen molar-refractivity contribution in [3.05, 3.63) is 24.1 Å². The summed E-state index contributed by atoms with van der Waals surface area (Å²) in [6, 6.07) is 6.22. The molecule has 0 amide bonds. The Morgan fingerprint density at radius 1 is 1.17 bits per heavy atom. The summed E-state index contributed by atoms with van der Waals surface area (Å²) in [6.45, 7) is 9.27. The van der Waals surface area contributed by atoms with E-state index in [1.807, 2.05) is 18.2 Å². The molecule has 2 aromatic rings. The molecule has 2 aliphatic heterocycles. The van der Waals surface area contributed by atoms with Gasteiger partial charge in [-0.2, -0.15) is 0 Å². The first-order valence-electron chi connectivity index (χ1n) is 8.35. The number of benzene rings is 1. The quantitative estimate of drug-likeness (QED) is 0.863. The number of hydrogen-bond acceptors (Lipinski definition) is 5. The second-order valence-electron chi connectivity index (χ2n) is 7.52. The summed E-state index contributed by atoms with van der Waals surface area (Å²) in [7, 11) is -0.373. The van der Waals surface area contributed by atoms with E-state index in [4.69, 9.17) is 13.7 Å². The Labute approximate surface area is 136 Å². The van der Waals surface area contributed by atoms with Gasteiger partial charge in [-0.1, -0.05) is 6.07 Å². The van der Waals surface area contributed by atoms with Crippen LogP contribution in [0.25, 0.3) is 11.1 Å². The fourth-order valence-electron chi connectivity index (χ4n) is 3.13. The molecule has 6 heteroatoms. The van der Waals surface area contributed by atoms with Gasteiger partial charge < -0.3 is 19.0 Å². The smallest absolute Gasteiger partial charge is 0.439 e. The van der Waals surface area contributed by atoms with Gasteiger partial charge in [-0.25, -0.2) is 4.98 Å². The van der Waals surface area contributed by atoms with Crippen LogP contribution in [0.15, 0.2) is 22.6 Å². The maximum atomic E-state index is 6.11. The molecule has 2 fully saturated rings. The van der Waals surface area contributed by atoms with Gasteiger partial charge in [-0.05, 0) is 64.7 Å². The van der Waals surface area contributed by atoms with Crippen molar-refractivity contribution in [1.82, 2.24) is 10.3 Å². The van der Waals surface area contributed by atoms with Crippen LogP contribution in [0.3, 0.4) is 0 Å². The molecule has 0 radical (unpaired) electrons. The Morgan fingerprint density at radius 2 is 1.91 bits per heavy atom. The van der Waals surface area contributed by atoms with Gasteiger partial charge in [0, 0.05) is 0 Å². The van der Waals surface area contributed by atoms with Crippen LogP contribution in [0, 0.1) is 0 Å². The standard InChI is InChI=1S/C17H23BN2O3/c1-16(2)17(3,4)23-18(22-16)11-7-8-12-14(10-11)21-15(20-12)13-6-5-9-19-13/h7-8,10,13,19H,5-6,9H2,1-4H3/t13-/m0/s1. The van der Waals surface area contributed by atoms with Crippen LogP contribution in [-0.4, -0.2) is 29.8 Å². The average molecular weight is 314 g/mol. The molecule has 0 spiro atoms. The molecule has 4 rings (SSSR count). The number of oxazole rings is 1. The highest BCUT2D eigenvalue weighted by molar-refractivity contribution is 6.62. The lowest BCUT2D eigenvalue weighted by Gasteiger charge is -2.32. The van der Waals surface area contributed by atoms with Gasteiger partial charge in [0.25, 0.3) is 0 Å².